The summed E-state index contributed by atoms with van der Waals surface area (Å²) in [6, 6.07) is 3.55. The van der Waals surface area contributed by atoms with E-state index in [1.807, 2.05) is 20.8 Å². The van der Waals surface area contributed by atoms with Gasteiger partial charge in [-0.25, -0.2) is 8.78 Å². The van der Waals surface area contributed by atoms with Crippen molar-refractivity contribution in [1.82, 2.24) is 25.2 Å². The highest BCUT2D eigenvalue weighted by Crippen LogP contribution is 2.28. The Bertz CT molecular complexity index is 857. The van der Waals surface area contributed by atoms with Crippen LogP contribution < -0.4 is 4.74 Å². The maximum atomic E-state index is 14.0. The van der Waals surface area contributed by atoms with Crippen molar-refractivity contribution < 1.29 is 13.5 Å². The van der Waals surface area contributed by atoms with Crippen molar-refractivity contribution in [1.29, 1.82) is 0 Å². The van der Waals surface area contributed by atoms with Gasteiger partial charge in [-0.1, -0.05) is 0 Å². The van der Waals surface area contributed by atoms with E-state index in [0.29, 0.717) is 5.82 Å². The van der Waals surface area contributed by atoms with Crippen molar-refractivity contribution >= 4 is 10.9 Å². The lowest BCUT2D eigenvalue weighted by molar-refractivity contribution is 0.285. The molecule has 0 saturated carbocycles. The molecule has 0 amide bonds. The van der Waals surface area contributed by atoms with Crippen LogP contribution >= 0.6 is 0 Å². The molecule has 1 aromatic carbocycles. The second-order valence-corrected chi connectivity index (χ2v) is 6.02. The number of rotatable bonds is 3. The summed E-state index contributed by atoms with van der Waals surface area (Å²) in [5.74, 6) is -0.680. The van der Waals surface area contributed by atoms with Gasteiger partial charge in [0.2, 0.25) is 5.82 Å². The van der Waals surface area contributed by atoms with Gasteiger partial charge in [-0.2, -0.15) is 4.80 Å². The van der Waals surface area contributed by atoms with Gasteiger partial charge in [0.25, 0.3) is 0 Å². The number of aromatic nitrogens is 5. The first-order chi connectivity index (χ1) is 10.9. The molecule has 2 aromatic heterocycles. The van der Waals surface area contributed by atoms with Crippen LogP contribution in [0.2, 0.25) is 0 Å². The molecule has 120 valence electrons. The Morgan fingerprint density at radius 2 is 1.87 bits per heavy atom. The quantitative estimate of drug-likeness (QED) is 0.742. The molecule has 8 heteroatoms. The van der Waals surface area contributed by atoms with Gasteiger partial charge < -0.3 is 4.74 Å². The Kier molecular flexibility index (Phi) is 3.67. The Hall–Kier alpha value is -2.64. The van der Waals surface area contributed by atoms with E-state index in [-0.39, 0.29) is 28.8 Å². The van der Waals surface area contributed by atoms with Crippen LogP contribution in [0.25, 0.3) is 10.9 Å². The molecule has 0 spiro atoms. The molecular weight excluding hydrogens is 304 g/mol. The van der Waals surface area contributed by atoms with Crippen molar-refractivity contribution in [3.05, 3.63) is 41.9 Å². The second-order valence-electron chi connectivity index (χ2n) is 6.02. The standard InChI is InChI=1S/C15H15F2N5O/c1-15(2,3)22-20-12(19-21-22)8-23-11-6-7-18-14-10(17)5-4-9(16)13(11)14/h4-7H,8H2,1-3H3. The zero-order valence-corrected chi connectivity index (χ0v) is 12.9. The summed E-state index contributed by atoms with van der Waals surface area (Å²) >= 11 is 0. The summed E-state index contributed by atoms with van der Waals surface area (Å²) in [5.41, 5.74) is -0.377. The number of fused-ring (bicyclic) bond motifs is 1. The highest BCUT2D eigenvalue weighted by molar-refractivity contribution is 5.85. The minimum atomic E-state index is -0.608. The van der Waals surface area contributed by atoms with Crippen LogP contribution in [0.15, 0.2) is 24.4 Å². The fraction of sp³-hybridized carbons (Fsp3) is 0.333. The van der Waals surface area contributed by atoms with E-state index in [1.54, 1.807) is 0 Å². The third kappa shape index (κ3) is 2.96. The fourth-order valence-corrected chi connectivity index (χ4v) is 2.01. The third-order valence-electron chi connectivity index (χ3n) is 3.17. The molecule has 2 heterocycles. The largest absolute Gasteiger partial charge is 0.485 e. The van der Waals surface area contributed by atoms with Gasteiger partial charge in [0.05, 0.1) is 10.9 Å². The molecule has 0 N–H and O–H groups in total. The molecule has 0 saturated heterocycles. The molecule has 23 heavy (non-hydrogen) atoms. The smallest absolute Gasteiger partial charge is 0.212 e. The fourth-order valence-electron chi connectivity index (χ4n) is 2.01. The van der Waals surface area contributed by atoms with E-state index in [0.717, 1.165) is 12.1 Å². The lowest BCUT2D eigenvalue weighted by atomic mass is 10.1. The molecule has 0 aliphatic rings. The summed E-state index contributed by atoms with van der Waals surface area (Å²) in [7, 11) is 0. The summed E-state index contributed by atoms with van der Waals surface area (Å²) in [6.45, 7) is 5.81. The number of hydrogen-bond donors (Lipinski definition) is 0. The minimum Gasteiger partial charge on any atom is -0.485 e. The van der Waals surface area contributed by atoms with E-state index in [4.69, 9.17) is 4.74 Å². The van der Waals surface area contributed by atoms with E-state index >= 15 is 0 Å². The van der Waals surface area contributed by atoms with Crippen molar-refractivity contribution in [3.63, 3.8) is 0 Å². The van der Waals surface area contributed by atoms with E-state index in [1.165, 1.54) is 17.1 Å². The van der Waals surface area contributed by atoms with Crippen molar-refractivity contribution in [2.24, 2.45) is 0 Å². The molecule has 0 radical (unpaired) electrons. The van der Waals surface area contributed by atoms with Crippen LogP contribution in [0.5, 0.6) is 5.75 Å². The lowest BCUT2D eigenvalue weighted by Crippen LogP contribution is -2.24. The SMILES string of the molecule is CC(C)(C)n1nnc(COc2ccnc3c(F)ccc(F)c23)n1. The van der Waals surface area contributed by atoms with Crippen molar-refractivity contribution in [3.8, 4) is 5.75 Å². The van der Waals surface area contributed by atoms with Crippen LogP contribution in [0.4, 0.5) is 8.78 Å². The first kappa shape index (κ1) is 15.3. The molecule has 0 aliphatic heterocycles. The normalized spacial score (nSPS) is 11.9. The summed E-state index contributed by atoms with van der Waals surface area (Å²) in [6.07, 6.45) is 1.36. The molecule has 6 nitrogen and oxygen atoms in total. The molecule has 0 unspecified atom stereocenters. The topological polar surface area (TPSA) is 65.7 Å². The Balaban J connectivity index is 1.88. The number of pyridine rings is 1. The molecule has 3 rings (SSSR count). The predicted molar refractivity (Wildman–Crippen MR) is 78.8 cm³/mol. The van der Waals surface area contributed by atoms with Crippen LogP contribution in [0, 0.1) is 11.6 Å². The van der Waals surface area contributed by atoms with Crippen molar-refractivity contribution in [2.75, 3.05) is 0 Å². The zero-order valence-electron chi connectivity index (χ0n) is 12.9. The number of tetrazole rings is 1. The molecule has 3 aromatic rings. The van der Waals surface area contributed by atoms with Crippen LogP contribution in [-0.2, 0) is 12.1 Å². The van der Waals surface area contributed by atoms with Gasteiger partial charge in [-0.3, -0.25) is 4.98 Å². The number of halogens is 2. The number of hydrogen-bond acceptors (Lipinski definition) is 5. The summed E-state index contributed by atoms with van der Waals surface area (Å²) < 4.78 is 33.2. The summed E-state index contributed by atoms with van der Waals surface area (Å²) in [4.78, 5) is 5.32. The average Bonchev–Trinajstić information content (AvgIpc) is 2.98. The maximum Gasteiger partial charge on any atom is 0.212 e. The summed E-state index contributed by atoms with van der Waals surface area (Å²) in [5, 5.41) is 12.0. The molecule has 0 fully saturated rings. The van der Waals surface area contributed by atoms with Gasteiger partial charge >= 0.3 is 0 Å². The monoisotopic (exact) mass is 319 g/mol. The maximum absolute atomic E-state index is 14.0. The molecule has 0 bridgehead atoms. The van der Waals surface area contributed by atoms with Gasteiger partial charge in [0.15, 0.2) is 6.61 Å². The predicted octanol–water partition coefficient (Wildman–Crippen LogP) is 2.83. The van der Waals surface area contributed by atoms with Gasteiger partial charge in [-0.15, -0.1) is 10.2 Å². The highest BCUT2D eigenvalue weighted by atomic mass is 19.1. The zero-order chi connectivity index (χ0) is 16.6. The van der Waals surface area contributed by atoms with Crippen molar-refractivity contribution in [2.45, 2.75) is 32.9 Å². The van der Waals surface area contributed by atoms with Crippen LogP contribution in [-0.4, -0.2) is 25.2 Å². The van der Waals surface area contributed by atoms with E-state index in [2.05, 4.69) is 20.4 Å². The first-order valence-electron chi connectivity index (χ1n) is 7.01. The van der Waals surface area contributed by atoms with E-state index < -0.39 is 11.6 Å². The minimum absolute atomic E-state index is 0.00397. The van der Waals surface area contributed by atoms with Gasteiger partial charge in [0, 0.05) is 6.20 Å². The number of nitrogens with zero attached hydrogens (tertiary/aromatic N) is 5. The van der Waals surface area contributed by atoms with Crippen LogP contribution in [0.1, 0.15) is 26.6 Å². The van der Waals surface area contributed by atoms with Gasteiger partial charge in [-0.05, 0) is 44.2 Å². The van der Waals surface area contributed by atoms with Gasteiger partial charge in [0.1, 0.15) is 22.9 Å². The Labute approximate surface area is 131 Å². The second kappa shape index (κ2) is 5.53. The van der Waals surface area contributed by atoms with Crippen LogP contribution in [0.3, 0.4) is 0 Å². The Morgan fingerprint density at radius 1 is 1.13 bits per heavy atom. The highest BCUT2D eigenvalue weighted by Gasteiger charge is 2.18. The molecular formula is C15H15F2N5O. The van der Waals surface area contributed by atoms with E-state index in [9.17, 15) is 8.78 Å². The molecule has 0 atom stereocenters. The first-order valence-corrected chi connectivity index (χ1v) is 7.01. The third-order valence-corrected chi connectivity index (χ3v) is 3.17. The molecule has 0 aliphatic carbocycles. The Morgan fingerprint density at radius 3 is 2.57 bits per heavy atom. The average molecular weight is 319 g/mol. The lowest BCUT2D eigenvalue weighted by Gasteiger charge is -2.15. The number of ether oxygens (including phenoxy) is 1. The number of benzene rings is 1.